The lowest BCUT2D eigenvalue weighted by molar-refractivity contribution is 0.312. The predicted octanol–water partition coefficient (Wildman–Crippen LogP) is 0.238. The molecule has 2 rings (SSSR count). The van der Waals surface area contributed by atoms with Crippen LogP contribution in [-0.4, -0.2) is 37.1 Å². The average Bonchev–Trinajstić information content (AvgIpc) is 2.87. The zero-order valence-electron chi connectivity index (χ0n) is 8.14. The molecule has 15 heavy (non-hydrogen) atoms. The summed E-state index contributed by atoms with van der Waals surface area (Å²) in [6, 6.07) is -0.351. The van der Waals surface area contributed by atoms with Crippen molar-refractivity contribution < 1.29 is 9.47 Å². The molecule has 0 radical (unpaired) electrons. The monoisotopic (exact) mass is 202 g/mol. The maximum atomic E-state index is 5.28. The van der Waals surface area contributed by atoms with Crippen LogP contribution in [0.4, 0.5) is 0 Å². The van der Waals surface area contributed by atoms with E-state index in [1.54, 1.807) is 0 Å². The van der Waals surface area contributed by atoms with Crippen molar-refractivity contribution in [2.75, 3.05) is 13.2 Å². The number of hydrogen-bond acceptors (Lipinski definition) is 4. The summed E-state index contributed by atoms with van der Waals surface area (Å²) < 4.78 is 10.6. The summed E-state index contributed by atoms with van der Waals surface area (Å²) in [5, 5.41) is 0. The van der Waals surface area contributed by atoms with Crippen LogP contribution < -0.4 is 0 Å². The van der Waals surface area contributed by atoms with Gasteiger partial charge in [0, 0.05) is 0 Å². The third-order valence-corrected chi connectivity index (χ3v) is 2.10. The van der Waals surface area contributed by atoms with E-state index in [0.29, 0.717) is 31.4 Å². The quantitative estimate of drug-likeness (QED) is 0.602. The first kappa shape index (κ1) is 9.61. The Hall–Kier alpha value is -1.94. The average molecular weight is 202 g/mol. The van der Waals surface area contributed by atoms with Gasteiger partial charge in [-0.05, 0) is 0 Å². The Labute approximate surface area is 88.4 Å². The Morgan fingerprint density at radius 2 is 1.53 bits per heavy atom. The molecule has 4 nitrogen and oxygen atoms in total. The highest BCUT2D eigenvalue weighted by atomic mass is 16.5. The first-order valence-corrected chi connectivity index (χ1v) is 4.63. The summed E-state index contributed by atoms with van der Waals surface area (Å²) in [5.41, 5.74) is 0. The minimum atomic E-state index is -0.176. The van der Waals surface area contributed by atoms with E-state index < -0.39 is 0 Å². The molecule has 2 aliphatic rings. The normalized spacial score (nSPS) is 28.1. The minimum Gasteiger partial charge on any atom is -0.477 e. The second-order valence-electron chi connectivity index (χ2n) is 3.21. The third-order valence-electron chi connectivity index (χ3n) is 2.10. The van der Waals surface area contributed by atoms with Gasteiger partial charge >= 0.3 is 0 Å². The molecule has 0 bridgehead atoms. The molecule has 0 aromatic carbocycles. The lowest BCUT2D eigenvalue weighted by Crippen LogP contribution is -2.08. The SMILES string of the molecule is C#C[C@@H]1COC(CC2=N[C@H](C#C)CO2)=N1. The maximum Gasteiger partial charge on any atom is 0.194 e. The topological polar surface area (TPSA) is 43.2 Å². The van der Waals surface area contributed by atoms with E-state index in [-0.39, 0.29) is 12.1 Å². The summed E-state index contributed by atoms with van der Waals surface area (Å²) in [7, 11) is 0. The van der Waals surface area contributed by atoms with Crippen molar-refractivity contribution >= 4 is 11.8 Å². The van der Waals surface area contributed by atoms with Gasteiger partial charge in [-0.25, -0.2) is 9.98 Å². The smallest absolute Gasteiger partial charge is 0.194 e. The van der Waals surface area contributed by atoms with Crippen LogP contribution in [0.2, 0.25) is 0 Å². The van der Waals surface area contributed by atoms with Crippen LogP contribution in [0.15, 0.2) is 9.98 Å². The van der Waals surface area contributed by atoms with Crippen LogP contribution in [0.25, 0.3) is 0 Å². The van der Waals surface area contributed by atoms with Gasteiger partial charge in [0.25, 0.3) is 0 Å². The molecule has 4 heteroatoms. The molecule has 0 saturated carbocycles. The molecule has 2 heterocycles. The zero-order chi connectivity index (χ0) is 10.7. The van der Waals surface area contributed by atoms with E-state index in [4.69, 9.17) is 22.3 Å². The lowest BCUT2D eigenvalue weighted by Gasteiger charge is -2.00. The highest BCUT2D eigenvalue weighted by molar-refractivity contribution is 5.98. The van der Waals surface area contributed by atoms with Gasteiger partial charge in [-0.2, -0.15) is 0 Å². The van der Waals surface area contributed by atoms with Crippen LogP contribution in [-0.2, 0) is 9.47 Å². The Morgan fingerprint density at radius 1 is 1.07 bits per heavy atom. The molecular formula is C11H10N2O2. The van der Waals surface area contributed by atoms with Crippen LogP contribution >= 0.6 is 0 Å². The van der Waals surface area contributed by atoms with Crippen molar-refractivity contribution in [1.82, 2.24) is 0 Å². The highest BCUT2D eigenvalue weighted by Gasteiger charge is 2.22. The lowest BCUT2D eigenvalue weighted by atomic mass is 10.3. The third kappa shape index (κ3) is 2.11. The molecule has 76 valence electrons. The number of nitrogens with zero attached hydrogens (tertiary/aromatic N) is 2. The van der Waals surface area contributed by atoms with Gasteiger partial charge < -0.3 is 9.47 Å². The number of aliphatic imine (C=N–C) groups is 2. The van der Waals surface area contributed by atoms with E-state index in [9.17, 15) is 0 Å². The van der Waals surface area contributed by atoms with Gasteiger partial charge in [0.1, 0.15) is 25.3 Å². The molecule has 0 fully saturated rings. The molecule has 0 aromatic heterocycles. The molecule has 2 aliphatic heterocycles. The highest BCUT2D eigenvalue weighted by Crippen LogP contribution is 2.11. The molecule has 0 unspecified atom stereocenters. The molecule has 2 atom stereocenters. The van der Waals surface area contributed by atoms with Crippen molar-refractivity contribution in [1.29, 1.82) is 0 Å². The number of terminal acetylenes is 2. The molecule has 0 aromatic rings. The number of rotatable bonds is 2. The van der Waals surface area contributed by atoms with Crippen molar-refractivity contribution in [2.45, 2.75) is 18.5 Å². The Bertz CT molecular complexity index is 360. The fraction of sp³-hybridized carbons (Fsp3) is 0.455. The second-order valence-corrected chi connectivity index (χ2v) is 3.21. The van der Waals surface area contributed by atoms with E-state index in [0.717, 1.165) is 0 Å². The summed E-state index contributed by atoms with van der Waals surface area (Å²) in [6.45, 7) is 0.884. The van der Waals surface area contributed by atoms with Crippen molar-refractivity contribution in [3.05, 3.63) is 0 Å². The summed E-state index contributed by atoms with van der Waals surface area (Å²) in [4.78, 5) is 8.33. The van der Waals surface area contributed by atoms with Crippen LogP contribution in [0.5, 0.6) is 0 Å². The zero-order valence-corrected chi connectivity index (χ0v) is 8.14. The van der Waals surface area contributed by atoms with Gasteiger partial charge in [0.05, 0.1) is 6.42 Å². The van der Waals surface area contributed by atoms with E-state index >= 15 is 0 Å². The largest absolute Gasteiger partial charge is 0.477 e. The Morgan fingerprint density at radius 3 is 1.87 bits per heavy atom. The molecule has 0 N–H and O–H groups in total. The van der Waals surface area contributed by atoms with Gasteiger partial charge in [-0.15, -0.1) is 12.8 Å². The molecule has 0 saturated heterocycles. The Kier molecular flexibility index (Phi) is 2.60. The fourth-order valence-electron chi connectivity index (χ4n) is 1.34. The van der Waals surface area contributed by atoms with Crippen LogP contribution in [0.3, 0.4) is 0 Å². The van der Waals surface area contributed by atoms with Gasteiger partial charge in [0.2, 0.25) is 0 Å². The van der Waals surface area contributed by atoms with Gasteiger partial charge in [-0.3, -0.25) is 0 Å². The fourth-order valence-corrected chi connectivity index (χ4v) is 1.34. The summed E-state index contributed by atoms with van der Waals surface area (Å²) >= 11 is 0. The molecular weight excluding hydrogens is 192 g/mol. The summed E-state index contributed by atoms with van der Waals surface area (Å²) in [6.07, 6.45) is 10.9. The molecule has 0 aliphatic carbocycles. The summed E-state index contributed by atoms with van der Waals surface area (Å²) in [5.74, 6) is 6.18. The first-order valence-electron chi connectivity index (χ1n) is 4.63. The van der Waals surface area contributed by atoms with Crippen molar-refractivity contribution in [2.24, 2.45) is 9.98 Å². The van der Waals surface area contributed by atoms with Crippen molar-refractivity contribution in [3.63, 3.8) is 0 Å². The minimum absolute atomic E-state index is 0.176. The van der Waals surface area contributed by atoms with Crippen LogP contribution in [0, 0.1) is 24.7 Å². The second kappa shape index (κ2) is 4.06. The molecule has 0 amide bonds. The van der Waals surface area contributed by atoms with E-state index in [2.05, 4.69) is 21.8 Å². The standard InChI is InChI=1S/C11H10N2O2/c1-3-8-6-14-10(12-8)5-11-13-9(4-2)7-15-11/h1-2,8-9H,5-7H2/t8-,9-/m1/s1. The molecule has 0 spiro atoms. The van der Waals surface area contributed by atoms with Gasteiger partial charge in [0.15, 0.2) is 11.8 Å². The maximum absolute atomic E-state index is 5.28. The number of ether oxygens (including phenoxy) is 2. The predicted molar refractivity (Wildman–Crippen MR) is 56.6 cm³/mol. The van der Waals surface area contributed by atoms with Crippen LogP contribution in [0.1, 0.15) is 6.42 Å². The Balaban J connectivity index is 1.95. The van der Waals surface area contributed by atoms with Crippen molar-refractivity contribution in [3.8, 4) is 24.7 Å². The first-order chi connectivity index (χ1) is 7.31. The van der Waals surface area contributed by atoms with E-state index in [1.807, 2.05) is 0 Å². The van der Waals surface area contributed by atoms with E-state index in [1.165, 1.54) is 0 Å². The number of hydrogen-bond donors (Lipinski definition) is 0. The van der Waals surface area contributed by atoms with Gasteiger partial charge in [-0.1, -0.05) is 11.8 Å².